The van der Waals surface area contributed by atoms with E-state index in [4.69, 9.17) is 16.3 Å². The highest BCUT2D eigenvalue weighted by molar-refractivity contribution is 6.30. The molecule has 0 atom stereocenters. The van der Waals surface area contributed by atoms with Gasteiger partial charge in [-0.1, -0.05) is 41.9 Å². The number of halogens is 1. The van der Waals surface area contributed by atoms with E-state index >= 15 is 0 Å². The highest BCUT2D eigenvalue weighted by atomic mass is 35.5. The van der Waals surface area contributed by atoms with Crippen LogP contribution in [0.5, 0.6) is 0 Å². The van der Waals surface area contributed by atoms with Crippen LogP contribution in [0.25, 0.3) is 0 Å². The zero-order chi connectivity index (χ0) is 19.5. The van der Waals surface area contributed by atoms with Crippen molar-refractivity contribution < 1.29 is 19.1 Å². The van der Waals surface area contributed by atoms with Crippen molar-refractivity contribution in [1.82, 2.24) is 10.6 Å². The monoisotopic (exact) mass is 388 g/mol. The molecule has 0 aromatic heterocycles. The number of esters is 1. The van der Waals surface area contributed by atoms with Crippen molar-refractivity contribution in [2.45, 2.75) is 12.8 Å². The molecular formula is C20H21ClN2O4. The van der Waals surface area contributed by atoms with Gasteiger partial charge < -0.3 is 15.4 Å². The maximum absolute atomic E-state index is 11.9. The number of amides is 2. The fraction of sp³-hybridized carbons (Fsp3) is 0.250. The van der Waals surface area contributed by atoms with Crippen LogP contribution in [0, 0.1) is 0 Å². The number of hydrogen-bond acceptors (Lipinski definition) is 4. The number of hydrogen-bond donors (Lipinski definition) is 2. The largest absolute Gasteiger partial charge is 0.456 e. The summed E-state index contributed by atoms with van der Waals surface area (Å²) in [5.74, 6) is -1.22. The lowest BCUT2D eigenvalue weighted by atomic mass is 10.1. The Hall–Kier alpha value is -2.86. The molecule has 0 heterocycles. The van der Waals surface area contributed by atoms with Gasteiger partial charge in [0, 0.05) is 23.7 Å². The minimum absolute atomic E-state index is 0.0172. The van der Waals surface area contributed by atoms with Crippen LogP contribution in [0.4, 0.5) is 0 Å². The first-order valence-corrected chi connectivity index (χ1v) is 8.92. The molecule has 0 unspecified atom stereocenters. The van der Waals surface area contributed by atoms with Gasteiger partial charge in [-0.25, -0.2) is 0 Å². The predicted octanol–water partition coefficient (Wildman–Crippen LogP) is 2.36. The molecule has 0 radical (unpaired) electrons. The van der Waals surface area contributed by atoms with Crippen molar-refractivity contribution in [3.63, 3.8) is 0 Å². The Morgan fingerprint density at radius 3 is 2.30 bits per heavy atom. The van der Waals surface area contributed by atoms with Crippen molar-refractivity contribution in [2.75, 3.05) is 19.7 Å². The Labute approximate surface area is 162 Å². The molecule has 27 heavy (non-hydrogen) atoms. The van der Waals surface area contributed by atoms with E-state index in [1.54, 1.807) is 24.3 Å². The van der Waals surface area contributed by atoms with Crippen molar-refractivity contribution in [1.29, 1.82) is 0 Å². The molecule has 2 N–H and O–H groups in total. The Morgan fingerprint density at radius 2 is 1.59 bits per heavy atom. The zero-order valence-corrected chi connectivity index (χ0v) is 15.5. The van der Waals surface area contributed by atoms with Crippen LogP contribution >= 0.6 is 11.6 Å². The summed E-state index contributed by atoms with van der Waals surface area (Å²) in [7, 11) is 0. The van der Waals surface area contributed by atoms with Gasteiger partial charge in [-0.3, -0.25) is 14.4 Å². The summed E-state index contributed by atoms with van der Waals surface area (Å²) in [5, 5.41) is 5.84. The highest BCUT2D eigenvalue weighted by Crippen LogP contribution is 2.09. The third-order valence-electron chi connectivity index (χ3n) is 3.66. The number of nitrogens with one attached hydrogen (secondary N) is 2. The zero-order valence-electron chi connectivity index (χ0n) is 14.7. The standard InChI is InChI=1S/C20H21ClN2O4/c21-17-8-6-16(7-9-17)20(26)23-13-11-19(25)27-14-18(24)22-12-10-15-4-2-1-3-5-15/h1-9H,10-14H2,(H,22,24)(H,23,26). The van der Waals surface area contributed by atoms with E-state index in [0.29, 0.717) is 23.6 Å². The van der Waals surface area contributed by atoms with Crippen LogP contribution in [0.15, 0.2) is 54.6 Å². The minimum Gasteiger partial charge on any atom is -0.456 e. The van der Waals surface area contributed by atoms with Crippen LogP contribution in [-0.2, 0) is 20.7 Å². The third kappa shape index (κ3) is 7.92. The first-order valence-electron chi connectivity index (χ1n) is 8.54. The molecule has 142 valence electrons. The first kappa shape index (κ1) is 20.5. The lowest BCUT2D eigenvalue weighted by molar-refractivity contribution is -0.148. The molecule has 0 fully saturated rings. The molecule has 7 heteroatoms. The van der Waals surface area contributed by atoms with Gasteiger partial charge in [-0.05, 0) is 36.2 Å². The lowest BCUT2D eigenvalue weighted by Gasteiger charge is -2.08. The van der Waals surface area contributed by atoms with Gasteiger partial charge in [0.2, 0.25) is 0 Å². The number of carbonyl (C=O) groups excluding carboxylic acids is 3. The average Bonchev–Trinajstić information content (AvgIpc) is 2.67. The van der Waals surface area contributed by atoms with Gasteiger partial charge in [0.15, 0.2) is 6.61 Å². The molecule has 0 spiro atoms. The second-order valence-corrected chi connectivity index (χ2v) is 6.20. The van der Waals surface area contributed by atoms with Crippen LogP contribution in [0.2, 0.25) is 5.02 Å². The summed E-state index contributed by atoms with van der Waals surface area (Å²) < 4.78 is 4.89. The van der Waals surface area contributed by atoms with Crippen molar-refractivity contribution >= 4 is 29.4 Å². The predicted molar refractivity (Wildman–Crippen MR) is 103 cm³/mol. The van der Waals surface area contributed by atoms with Crippen molar-refractivity contribution in [2.24, 2.45) is 0 Å². The van der Waals surface area contributed by atoms with Crippen LogP contribution in [0.1, 0.15) is 22.3 Å². The topological polar surface area (TPSA) is 84.5 Å². The molecule has 0 aliphatic carbocycles. The Kier molecular flexibility index (Phi) is 8.32. The fourth-order valence-corrected chi connectivity index (χ4v) is 2.37. The fourth-order valence-electron chi connectivity index (χ4n) is 2.24. The molecule has 0 aliphatic heterocycles. The van der Waals surface area contributed by atoms with E-state index in [2.05, 4.69) is 10.6 Å². The summed E-state index contributed by atoms with van der Waals surface area (Å²) in [5.41, 5.74) is 1.57. The van der Waals surface area contributed by atoms with Crippen LogP contribution in [0.3, 0.4) is 0 Å². The van der Waals surface area contributed by atoms with E-state index in [1.165, 1.54) is 0 Å². The number of rotatable bonds is 9. The van der Waals surface area contributed by atoms with E-state index in [0.717, 1.165) is 5.56 Å². The summed E-state index contributed by atoms with van der Waals surface area (Å²) in [6.07, 6.45) is 0.688. The normalized spacial score (nSPS) is 10.1. The highest BCUT2D eigenvalue weighted by Gasteiger charge is 2.09. The number of ether oxygens (including phenoxy) is 1. The smallest absolute Gasteiger partial charge is 0.308 e. The minimum atomic E-state index is -0.551. The summed E-state index contributed by atoms with van der Waals surface area (Å²) in [6, 6.07) is 16.2. The van der Waals surface area contributed by atoms with Gasteiger partial charge >= 0.3 is 5.97 Å². The second kappa shape index (κ2) is 11.0. The van der Waals surface area contributed by atoms with E-state index < -0.39 is 5.97 Å². The average molecular weight is 389 g/mol. The lowest BCUT2D eigenvalue weighted by Crippen LogP contribution is -2.31. The molecule has 2 aromatic rings. The SMILES string of the molecule is O=C(COC(=O)CCNC(=O)c1ccc(Cl)cc1)NCCc1ccccc1. The second-order valence-electron chi connectivity index (χ2n) is 5.76. The van der Waals surface area contributed by atoms with Gasteiger partial charge in [0.05, 0.1) is 6.42 Å². The Balaban J connectivity index is 1.56. The molecule has 6 nitrogen and oxygen atoms in total. The molecule has 0 aliphatic rings. The van der Waals surface area contributed by atoms with Crippen molar-refractivity contribution in [3.05, 3.63) is 70.7 Å². The quantitative estimate of drug-likeness (QED) is 0.646. The summed E-state index contributed by atoms with van der Waals surface area (Å²) >= 11 is 5.76. The molecular weight excluding hydrogens is 368 g/mol. The van der Waals surface area contributed by atoms with E-state index in [-0.39, 0.29) is 31.4 Å². The Bertz CT molecular complexity index is 763. The van der Waals surface area contributed by atoms with Crippen molar-refractivity contribution in [3.8, 4) is 0 Å². The molecule has 2 aromatic carbocycles. The third-order valence-corrected chi connectivity index (χ3v) is 3.92. The van der Waals surface area contributed by atoms with E-state index in [9.17, 15) is 14.4 Å². The molecule has 2 rings (SSSR count). The molecule has 0 bridgehead atoms. The number of benzene rings is 2. The summed E-state index contributed by atoms with van der Waals surface area (Å²) in [4.78, 5) is 35.2. The van der Waals surface area contributed by atoms with Crippen LogP contribution in [-0.4, -0.2) is 37.5 Å². The number of carbonyl (C=O) groups is 3. The maximum atomic E-state index is 11.9. The maximum Gasteiger partial charge on any atom is 0.308 e. The first-order chi connectivity index (χ1) is 13.0. The van der Waals surface area contributed by atoms with Gasteiger partial charge in [0.1, 0.15) is 0 Å². The van der Waals surface area contributed by atoms with E-state index in [1.807, 2.05) is 30.3 Å². The van der Waals surface area contributed by atoms with Gasteiger partial charge in [-0.15, -0.1) is 0 Å². The van der Waals surface area contributed by atoms with Gasteiger partial charge in [0.25, 0.3) is 11.8 Å². The molecule has 0 saturated carbocycles. The molecule has 2 amide bonds. The van der Waals surface area contributed by atoms with Gasteiger partial charge in [-0.2, -0.15) is 0 Å². The molecule has 0 saturated heterocycles. The van der Waals surface area contributed by atoms with Crippen LogP contribution < -0.4 is 10.6 Å². The Morgan fingerprint density at radius 1 is 0.889 bits per heavy atom. The summed E-state index contributed by atoms with van der Waals surface area (Å²) in [6.45, 7) is 0.256.